The summed E-state index contributed by atoms with van der Waals surface area (Å²) in [7, 11) is 0. The smallest absolute Gasteiger partial charge is 0.226 e. The van der Waals surface area contributed by atoms with Crippen molar-refractivity contribution in [3.05, 3.63) is 41.0 Å². The highest BCUT2D eigenvalue weighted by Gasteiger charge is 2.09. The molecule has 7 heteroatoms. The third kappa shape index (κ3) is 7.75. The molecular weight excluding hydrogens is 366 g/mol. The summed E-state index contributed by atoms with van der Waals surface area (Å²) in [4.78, 5) is 9.13. The Kier molecular flexibility index (Phi) is 9.47. The van der Waals surface area contributed by atoms with Crippen LogP contribution in [0.3, 0.4) is 0 Å². The first-order chi connectivity index (χ1) is 14.0. The summed E-state index contributed by atoms with van der Waals surface area (Å²) in [5.74, 6) is 3.45. The molecule has 0 aliphatic carbocycles. The van der Waals surface area contributed by atoms with E-state index >= 15 is 0 Å². The van der Waals surface area contributed by atoms with Gasteiger partial charge in [0.1, 0.15) is 5.75 Å². The highest BCUT2D eigenvalue weighted by molar-refractivity contribution is 5.79. The fourth-order valence-electron chi connectivity index (χ4n) is 2.70. The maximum atomic E-state index is 5.89. The molecule has 7 nitrogen and oxygen atoms in total. The molecule has 0 spiro atoms. The molecular formula is C22H35N5O2. The first-order valence-corrected chi connectivity index (χ1v) is 10.6. The summed E-state index contributed by atoms with van der Waals surface area (Å²) in [5, 5.41) is 10.7. The average Bonchev–Trinajstić information content (AvgIpc) is 3.18. The van der Waals surface area contributed by atoms with E-state index in [2.05, 4.69) is 73.6 Å². The Hall–Kier alpha value is -2.57. The third-order valence-corrected chi connectivity index (χ3v) is 4.30. The zero-order valence-electron chi connectivity index (χ0n) is 18.4. The van der Waals surface area contributed by atoms with E-state index in [4.69, 9.17) is 14.3 Å². The monoisotopic (exact) mass is 401 g/mol. The van der Waals surface area contributed by atoms with Crippen LogP contribution in [0.4, 0.5) is 0 Å². The maximum Gasteiger partial charge on any atom is 0.226 e. The molecule has 0 saturated heterocycles. The molecule has 1 aromatic carbocycles. The first-order valence-electron chi connectivity index (χ1n) is 10.6. The van der Waals surface area contributed by atoms with E-state index in [1.165, 1.54) is 5.56 Å². The van der Waals surface area contributed by atoms with Gasteiger partial charge in [-0.05, 0) is 38.3 Å². The van der Waals surface area contributed by atoms with Crippen LogP contribution in [0.25, 0.3) is 0 Å². The van der Waals surface area contributed by atoms with Crippen molar-refractivity contribution in [3.63, 3.8) is 0 Å². The number of ether oxygens (including phenoxy) is 1. The fourth-order valence-corrected chi connectivity index (χ4v) is 2.70. The molecule has 2 N–H and O–H groups in total. The van der Waals surface area contributed by atoms with Gasteiger partial charge in [0, 0.05) is 31.0 Å². The van der Waals surface area contributed by atoms with E-state index in [9.17, 15) is 0 Å². The maximum absolute atomic E-state index is 5.89. The number of aromatic nitrogens is 2. The Morgan fingerprint density at radius 3 is 2.76 bits per heavy atom. The Balaban J connectivity index is 1.89. The second-order valence-electron chi connectivity index (χ2n) is 7.39. The fraction of sp³-hybridized carbons (Fsp3) is 0.591. The number of hydrogen-bond donors (Lipinski definition) is 2. The standard InChI is InChI=1S/C22H35N5O2/c1-6-13-28-19-14-17(5)10-11-18(19)15-25-22(23-7-2)24-12-8-9-20-26-21(16(3)4)27-29-20/h10-11,14,16H,6-9,12-13,15H2,1-5H3,(H2,23,24,25). The Morgan fingerprint density at radius 1 is 1.24 bits per heavy atom. The number of aliphatic imine (C=N–C) groups is 1. The lowest BCUT2D eigenvalue weighted by atomic mass is 10.1. The number of benzene rings is 1. The van der Waals surface area contributed by atoms with E-state index in [1.54, 1.807) is 0 Å². The van der Waals surface area contributed by atoms with Crippen LogP contribution in [0.5, 0.6) is 5.75 Å². The summed E-state index contributed by atoms with van der Waals surface area (Å²) in [6.07, 6.45) is 2.62. The molecule has 2 rings (SSSR count). The molecule has 29 heavy (non-hydrogen) atoms. The van der Waals surface area contributed by atoms with Crippen molar-refractivity contribution in [2.75, 3.05) is 19.7 Å². The first kappa shape index (κ1) is 22.7. The van der Waals surface area contributed by atoms with Crippen molar-refractivity contribution in [1.29, 1.82) is 0 Å². The van der Waals surface area contributed by atoms with E-state index < -0.39 is 0 Å². The van der Waals surface area contributed by atoms with Gasteiger partial charge in [-0.25, -0.2) is 4.99 Å². The van der Waals surface area contributed by atoms with Gasteiger partial charge >= 0.3 is 0 Å². The molecule has 0 radical (unpaired) electrons. The van der Waals surface area contributed by atoms with Crippen LogP contribution < -0.4 is 15.4 Å². The Morgan fingerprint density at radius 2 is 2.07 bits per heavy atom. The second-order valence-corrected chi connectivity index (χ2v) is 7.39. The minimum Gasteiger partial charge on any atom is -0.493 e. The molecule has 1 aromatic heterocycles. The van der Waals surface area contributed by atoms with Crippen molar-refractivity contribution in [1.82, 2.24) is 20.8 Å². The molecule has 160 valence electrons. The summed E-state index contributed by atoms with van der Waals surface area (Å²) < 4.78 is 11.2. The highest BCUT2D eigenvalue weighted by atomic mass is 16.5. The van der Waals surface area contributed by atoms with E-state index in [0.717, 1.165) is 55.4 Å². The van der Waals surface area contributed by atoms with Crippen LogP contribution in [-0.4, -0.2) is 35.8 Å². The van der Waals surface area contributed by atoms with Crippen LogP contribution in [0, 0.1) is 6.92 Å². The van der Waals surface area contributed by atoms with Crippen LogP contribution in [0.2, 0.25) is 0 Å². The lowest BCUT2D eigenvalue weighted by Gasteiger charge is -2.13. The quantitative estimate of drug-likeness (QED) is 0.337. The highest BCUT2D eigenvalue weighted by Crippen LogP contribution is 2.21. The largest absolute Gasteiger partial charge is 0.493 e. The average molecular weight is 402 g/mol. The van der Waals surface area contributed by atoms with Gasteiger partial charge in [-0.1, -0.05) is 38.1 Å². The Bertz CT molecular complexity index is 770. The second kappa shape index (κ2) is 12.1. The van der Waals surface area contributed by atoms with Crippen LogP contribution in [0.1, 0.15) is 69.3 Å². The molecule has 2 aromatic rings. The van der Waals surface area contributed by atoms with Gasteiger partial charge in [-0.15, -0.1) is 0 Å². The summed E-state index contributed by atoms with van der Waals surface area (Å²) in [6.45, 7) is 13.2. The molecule has 0 fully saturated rings. The summed E-state index contributed by atoms with van der Waals surface area (Å²) in [6, 6.07) is 6.27. The molecule has 0 bridgehead atoms. The van der Waals surface area contributed by atoms with Gasteiger partial charge < -0.3 is 19.9 Å². The van der Waals surface area contributed by atoms with Crippen molar-refractivity contribution in [3.8, 4) is 5.75 Å². The van der Waals surface area contributed by atoms with Crippen molar-refractivity contribution >= 4 is 5.96 Å². The predicted molar refractivity (Wildman–Crippen MR) is 116 cm³/mol. The van der Waals surface area contributed by atoms with Crippen molar-refractivity contribution in [2.45, 2.75) is 66.3 Å². The van der Waals surface area contributed by atoms with Gasteiger partial charge in [-0.3, -0.25) is 0 Å². The van der Waals surface area contributed by atoms with Crippen molar-refractivity contribution < 1.29 is 9.26 Å². The van der Waals surface area contributed by atoms with Gasteiger partial charge in [0.05, 0.1) is 13.2 Å². The molecule has 0 amide bonds. The van der Waals surface area contributed by atoms with Crippen LogP contribution in [-0.2, 0) is 13.0 Å². The minimum absolute atomic E-state index is 0.283. The zero-order valence-corrected chi connectivity index (χ0v) is 18.4. The zero-order chi connectivity index (χ0) is 21.1. The van der Waals surface area contributed by atoms with Gasteiger partial charge in [0.25, 0.3) is 0 Å². The van der Waals surface area contributed by atoms with Gasteiger partial charge in [0.2, 0.25) is 5.89 Å². The lowest BCUT2D eigenvalue weighted by molar-refractivity contribution is 0.314. The minimum atomic E-state index is 0.283. The number of hydrogen-bond acceptors (Lipinski definition) is 5. The third-order valence-electron chi connectivity index (χ3n) is 4.30. The van der Waals surface area contributed by atoms with E-state index in [1.807, 2.05) is 0 Å². The lowest BCUT2D eigenvalue weighted by Crippen LogP contribution is -2.37. The SMILES string of the molecule is CCCOc1cc(C)ccc1CN=C(NCC)NCCCc1nc(C(C)C)no1. The molecule has 0 aliphatic heterocycles. The normalized spacial score (nSPS) is 11.7. The summed E-state index contributed by atoms with van der Waals surface area (Å²) in [5.41, 5.74) is 2.28. The van der Waals surface area contributed by atoms with Gasteiger partial charge in [0.15, 0.2) is 11.8 Å². The molecule has 1 heterocycles. The molecule has 0 atom stereocenters. The molecule has 0 aliphatic rings. The Labute approximate surface area is 174 Å². The predicted octanol–water partition coefficient (Wildman–Crippen LogP) is 3.98. The topological polar surface area (TPSA) is 84.6 Å². The molecule has 0 unspecified atom stereocenters. The number of aryl methyl sites for hydroxylation is 2. The van der Waals surface area contributed by atoms with Crippen molar-refractivity contribution in [2.24, 2.45) is 4.99 Å². The van der Waals surface area contributed by atoms with E-state index in [-0.39, 0.29) is 5.92 Å². The number of nitrogens with zero attached hydrogens (tertiary/aromatic N) is 3. The number of rotatable bonds is 11. The van der Waals surface area contributed by atoms with Gasteiger partial charge in [-0.2, -0.15) is 4.98 Å². The van der Waals surface area contributed by atoms with E-state index in [0.29, 0.717) is 19.0 Å². The van der Waals surface area contributed by atoms with Crippen LogP contribution >= 0.6 is 0 Å². The van der Waals surface area contributed by atoms with Crippen LogP contribution in [0.15, 0.2) is 27.7 Å². The number of nitrogens with one attached hydrogen (secondary N) is 2. The molecule has 0 saturated carbocycles. The number of guanidine groups is 1. The summed E-state index contributed by atoms with van der Waals surface area (Å²) >= 11 is 0.